The van der Waals surface area contributed by atoms with Crippen molar-refractivity contribution < 1.29 is 18.7 Å². The van der Waals surface area contributed by atoms with Crippen LogP contribution in [0, 0.1) is 5.82 Å². The molecule has 1 aromatic carbocycles. The molecule has 0 saturated carbocycles. The molecule has 0 atom stereocenters. The highest BCUT2D eigenvalue weighted by molar-refractivity contribution is 5.92. The van der Waals surface area contributed by atoms with Crippen LogP contribution in [0.25, 0.3) is 6.08 Å². The molecule has 0 aliphatic carbocycles. The minimum atomic E-state index is -0.494. The minimum absolute atomic E-state index is 0.0665. The van der Waals surface area contributed by atoms with E-state index in [0.29, 0.717) is 11.3 Å². The number of carbonyl (C=O) groups excluding carboxylic acids is 1. The van der Waals surface area contributed by atoms with Crippen LogP contribution in [-0.4, -0.2) is 20.0 Å². The van der Waals surface area contributed by atoms with Gasteiger partial charge in [-0.3, -0.25) is 4.79 Å². The SMILES string of the molecule is COc1ccc(F)c(OC)c1/C=C/C(C)=O. The maximum absolute atomic E-state index is 13.4. The number of rotatable bonds is 4. The van der Waals surface area contributed by atoms with Gasteiger partial charge in [-0.2, -0.15) is 0 Å². The van der Waals surface area contributed by atoms with Crippen LogP contribution in [0.1, 0.15) is 12.5 Å². The van der Waals surface area contributed by atoms with Crippen LogP contribution < -0.4 is 9.47 Å². The number of allylic oxidation sites excluding steroid dienone is 1. The highest BCUT2D eigenvalue weighted by atomic mass is 19.1. The summed E-state index contributed by atoms with van der Waals surface area (Å²) >= 11 is 0. The molecule has 0 saturated heterocycles. The maximum Gasteiger partial charge on any atom is 0.165 e. The van der Waals surface area contributed by atoms with Gasteiger partial charge in [0.1, 0.15) is 5.75 Å². The van der Waals surface area contributed by atoms with Crippen LogP contribution in [0.5, 0.6) is 11.5 Å². The van der Waals surface area contributed by atoms with E-state index in [1.165, 1.54) is 45.4 Å². The summed E-state index contributed by atoms with van der Waals surface area (Å²) in [6.45, 7) is 1.41. The Hall–Kier alpha value is -1.84. The summed E-state index contributed by atoms with van der Waals surface area (Å²) in [7, 11) is 2.83. The first-order chi connectivity index (χ1) is 7.60. The highest BCUT2D eigenvalue weighted by Crippen LogP contribution is 2.32. The van der Waals surface area contributed by atoms with Gasteiger partial charge >= 0.3 is 0 Å². The minimum Gasteiger partial charge on any atom is -0.496 e. The Kier molecular flexibility index (Phi) is 4.05. The van der Waals surface area contributed by atoms with Crippen molar-refractivity contribution in [1.82, 2.24) is 0 Å². The molecular formula is C12H13FO3. The Bertz CT molecular complexity index is 425. The summed E-state index contributed by atoms with van der Waals surface area (Å²) in [4.78, 5) is 10.8. The number of ketones is 1. The maximum atomic E-state index is 13.4. The summed E-state index contributed by atoms with van der Waals surface area (Å²) in [6, 6.07) is 2.74. The molecule has 0 radical (unpaired) electrons. The van der Waals surface area contributed by atoms with Crippen molar-refractivity contribution in [2.24, 2.45) is 0 Å². The number of halogens is 1. The Balaban J connectivity index is 3.30. The van der Waals surface area contributed by atoms with Gasteiger partial charge in [-0.1, -0.05) is 0 Å². The van der Waals surface area contributed by atoms with Crippen molar-refractivity contribution in [2.45, 2.75) is 6.92 Å². The first-order valence-electron chi connectivity index (χ1n) is 4.69. The molecule has 3 nitrogen and oxygen atoms in total. The van der Waals surface area contributed by atoms with E-state index in [1.807, 2.05) is 0 Å². The number of carbonyl (C=O) groups is 1. The first-order valence-corrected chi connectivity index (χ1v) is 4.69. The third-order valence-corrected chi connectivity index (χ3v) is 2.02. The molecule has 16 heavy (non-hydrogen) atoms. The zero-order valence-corrected chi connectivity index (χ0v) is 9.41. The molecule has 0 aliphatic heterocycles. The van der Waals surface area contributed by atoms with Gasteiger partial charge in [0.2, 0.25) is 0 Å². The second-order valence-electron chi connectivity index (χ2n) is 3.14. The number of hydrogen-bond acceptors (Lipinski definition) is 3. The molecule has 0 aliphatic rings. The molecule has 0 aromatic heterocycles. The van der Waals surface area contributed by atoms with Gasteiger partial charge in [0.25, 0.3) is 0 Å². The quantitative estimate of drug-likeness (QED) is 0.737. The van der Waals surface area contributed by atoms with E-state index in [1.54, 1.807) is 0 Å². The lowest BCUT2D eigenvalue weighted by Crippen LogP contribution is -1.96. The second-order valence-corrected chi connectivity index (χ2v) is 3.14. The predicted octanol–water partition coefficient (Wildman–Crippen LogP) is 2.45. The summed E-state index contributed by atoms with van der Waals surface area (Å²) in [5, 5.41) is 0. The van der Waals surface area contributed by atoms with Crippen LogP contribution >= 0.6 is 0 Å². The number of benzene rings is 1. The number of methoxy groups -OCH3 is 2. The molecule has 4 heteroatoms. The molecular weight excluding hydrogens is 211 g/mol. The fourth-order valence-electron chi connectivity index (χ4n) is 1.30. The van der Waals surface area contributed by atoms with E-state index in [-0.39, 0.29) is 11.5 Å². The monoisotopic (exact) mass is 224 g/mol. The van der Waals surface area contributed by atoms with Crippen LogP contribution in [0.4, 0.5) is 4.39 Å². The molecule has 0 bridgehead atoms. The van der Waals surface area contributed by atoms with Gasteiger partial charge in [0, 0.05) is 0 Å². The van der Waals surface area contributed by atoms with E-state index in [2.05, 4.69) is 0 Å². The Labute approximate surface area is 93.5 Å². The summed E-state index contributed by atoms with van der Waals surface area (Å²) in [5.41, 5.74) is 0.417. The van der Waals surface area contributed by atoms with E-state index in [4.69, 9.17) is 9.47 Å². The second kappa shape index (κ2) is 5.30. The van der Waals surface area contributed by atoms with Crippen LogP contribution in [0.15, 0.2) is 18.2 Å². The smallest absolute Gasteiger partial charge is 0.165 e. The number of hydrogen-bond donors (Lipinski definition) is 0. The van der Waals surface area contributed by atoms with Crippen molar-refractivity contribution in [2.75, 3.05) is 14.2 Å². The fourth-order valence-corrected chi connectivity index (χ4v) is 1.30. The van der Waals surface area contributed by atoms with E-state index >= 15 is 0 Å². The average molecular weight is 224 g/mol. The molecule has 0 N–H and O–H groups in total. The van der Waals surface area contributed by atoms with E-state index < -0.39 is 5.82 Å². The van der Waals surface area contributed by atoms with Crippen molar-refractivity contribution in [3.8, 4) is 11.5 Å². The van der Waals surface area contributed by atoms with Gasteiger partial charge in [-0.05, 0) is 31.2 Å². The van der Waals surface area contributed by atoms with Crippen molar-refractivity contribution in [3.05, 3.63) is 29.6 Å². The average Bonchev–Trinajstić information content (AvgIpc) is 2.26. The normalized spacial score (nSPS) is 10.5. The van der Waals surface area contributed by atoms with Gasteiger partial charge in [0.05, 0.1) is 19.8 Å². The lowest BCUT2D eigenvalue weighted by molar-refractivity contribution is -0.112. The Morgan fingerprint density at radius 1 is 1.31 bits per heavy atom. The largest absolute Gasteiger partial charge is 0.496 e. The van der Waals surface area contributed by atoms with Gasteiger partial charge < -0.3 is 9.47 Å². The van der Waals surface area contributed by atoms with Crippen molar-refractivity contribution in [1.29, 1.82) is 0 Å². The third-order valence-electron chi connectivity index (χ3n) is 2.02. The number of ether oxygens (including phenoxy) is 2. The van der Waals surface area contributed by atoms with Crippen molar-refractivity contribution in [3.63, 3.8) is 0 Å². The molecule has 86 valence electrons. The zero-order valence-electron chi connectivity index (χ0n) is 9.41. The lowest BCUT2D eigenvalue weighted by Gasteiger charge is -2.10. The molecule has 0 heterocycles. The van der Waals surface area contributed by atoms with Crippen molar-refractivity contribution >= 4 is 11.9 Å². The van der Waals surface area contributed by atoms with Crippen LogP contribution in [-0.2, 0) is 4.79 Å². The first kappa shape index (κ1) is 12.2. The summed E-state index contributed by atoms with van der Waals surface area (Å²) < 4.78 is 23.4. The molecule has 1 rings (SSSR count). The zero-order chi connectivity index (χ0) is 12.1. The van der Waals surface area contributed by atoms with Crippen LogP contribution in [0.2, 0.25) is 0 Å². The molecule has 0 unspecified atom stereocenters. The summed E-state index contributed by atoms with van der Waals surface area (Å²) in [5.74, 6) is -0.104. The lowest BCUT2D eigenvalue weighted by atomic mass is 10.1. The topological polar surface area (TPSA) is 35.5 Å². The molecule has 0 amide bonds. The molecule has 0 spiro atoms. The summed E-state index contributed by atoms with van der Waals surface area (Å²) in [6.07, 6.45) is 2.81. The Morgan fingerprint density at radius 2 is 2.00 bits per heavy atom. The highest BCUT2D eigenvalue weighted by Gasteiger charge is 2.12. The third kappa shape index (κ3) is 2.59. The predicted molar refractivity (Wildman–Crippen MR) is 59.2 cm³/mol. The molecule has 1 aromatic rings. The van der Waals surface area contributed by atoms with Gasteiger partial charge in [-0.15, -0.1) is 0 Å². The Morgan fingerprint density at radius 3 is 2.50 bits per heavy atom. The standard InChI is InChI=1S/C12H13FO3/c1-8(14)4-5-9-11(15-2)7-6-10(13)12(9)16-3/h4-7H,1-3H3/b5-4+. The van der Waals surface area contributed by atoms with Gasteiger partial charge in [-0.25, -0.2) is 4.39 Å². The fraction of sp³-hybridized carbons (Fsp3) is 0.250. The van der Waals surface area contributed by atoms with Gasteiger partial charge in [0.15, 0.2) is 17.3 Å². The van der Waals surface area contributed by atoms with Crippen LogP contribution in [0.3, 0.4) is 0 Å². The van der Waals surface area contributed by atoms with E-state index in [9.17, 15) is 9.18 Å². The molecule has 0 fully saturated rings. The van der Waals surface area contributed by atoms with E-state index in [0.717, 1.165) is 0 Å².